The number of hydrogen-bond donors (Lipinski definition) is 1. The molecule has 19 heavy (non-hydrogen) atoms. The van der Waals surface area contributed by atoms with Crippen LogP contribution in [0.3, 0.4) is 0 Å². The summed E-state index contributed by atoms with van der Waals surface area (Å²) >= 11 is 0. The molecule has 0 bridgehead atoms. The highest BCUT2D eigenvalue weighted by Gasteiger charge is 2.40. The summed E-state index contributed by atoms with van der Waals surface area (Å²) in [5.74, 6) is -0.246. The van der Waals surface area contributed by atoms with E-state index in [-0.39, 0.29) is 5.79 Å². The van der Waals surface area contributed by atoms with E-state index < -0.39 is 0 Å². The number of hydrogen-bond acceptors (Lipinski definition) is 4. The van der Waals surface area contributed by atoms with Gasteiger partial charge >= 0.3 is 0 Å². The molecule has 4 heteroatoms. The average Bonchev–Trinajstić information content (AvgIpc) is 2.89. The summed E-state index contributed by atoms with van der Waals surface area (Å²) in [6, 6.07) is 4.77. The number of nitrogens with one attached hydrogen (secondary N) is 1. The van der Waals surface area contributed by atoms with Crippen LogP contribution in [0.1, 0.15) is 36.9 Å². The topological polar surface area (TPSA) is 43.4 Å². The van der Waals surface area contributed by atoms with Crippen molar-refractivity contribution in [3.8, 4) is 0 Å². The zero-order valence-corrected chi connectivity index (χ0v) is 11.5. The van der Waals surface area contributed by atoms with Crippen LogP contribution in [0.2, 0.25) is 0 Å². The van der Waals surface area contributed by atoms with Gasteiger partial charge < -0.3 is 14.8 Å². The molecule has 2 aliphatic rings. The molecule has 0 aromatic carbocycles. The number of aryl methyl sites for hydroxylation is 1. The molecule has 1 aromatic rings. The summed E-state index contributed by atoms with van der Waals surface area (Å²) in [4.78, 5) is 4.32. The number of aromatic nitrogens is 1. The van der Waals surface area contributed by atoms with E-state index in [1.807, 2.05) is 13.1 Å². The fraction of sp³-hybridized carbons (Fsp3) is 0.667. The summed E-state index contributed by atoms with van der Waals surface area (Å²) in [7, 11) is 0. The third-order valence-electron chi connectivity index (χ3n) is 4.13. The van der Waals surface area contributed by atoms with E-state index >= 15 is 0 Å². The van der Waals surface area contributed by atoms with E-state index in [2.05, 4.69) is 22.4 Å². The van der Waals surface area contributed by atoms with E-state index in [0.29, 0.717) is 6.04 Å². The molecule has 1 spiro atoms. The largest absolute Gasteiger partial charge is 0.348 e. The van der Waals surface area contributed by atoms with E-state index in [9.17, 15) is 0 Å². The van der Waals surface area contributed by atoms with E-state index in [4.69, 9.17) is 9.47 Å². The molecule has 0 unspecified atom stereocenters. The Bertz CT molecular complexity index is 403. The third-order valence-corrected chi connectivity index (χ3v) is 4.13. The first kappa shape index (κ1) is 13.0. The van der Waals surface area contributed by atoms with Crippen molar-refractivity contribution in [1.29, 1.82) is 0 Å². The normalized spacial score (nSPS) is 23.0. The van der Waals surface area contributed by atoms with Crippen molar-refractivity contribution in [2.45, 2.75) is 51.0 Å². The minimum atomic E-state index is -0.246. The fourth-order valence-electron chi connectivity index (χ4n) is 2.91. The van der Waals surface area contributed by atoms with Crippen LogP contribution < -0.4 is 5.32 Å². The monoisotopic (exact) mass is 262 g/mol. The van der Waals surface area contributed by atoms with Gasteiger partial charge in [-0.1, -0.05) is 6.07 Å². The molecule has 3 rings (SSSR count). The zero-order chi connectivity index (χ0) is 13.1. The summed E-state index contributed by atoms with van der Waals surface area (Å²) in [6.07, 6.45) is 6.22. The lowest BCUT2D eigenvalue weighted by Gasteiger charge is -2.35. The SMILES string of the molecule is Cc1ccc(CNC2CCC3(CC2)OCCO3)cn1. The second kappa shape index (κ2) is 5.57. The first-order chi connectivity index (χ1) is 9.26. The van der Waals surface area contributed by atoms with Crippen LogP contribution in [0, 0.1) is 6.92 Å². The maximum atomic E-state index is 5.75. The first-order valence-electron chi connectivity index (χ1n) is 7.19. The first-order valence-corrected chi connectivity index (χ1v) is 7.19. The second-order valence-electron chi connectivity index (χ2n) is 5.57. The van der Waals surface area contributed by atoms with Gasteiger partial charge in [0.25, 0.3) is 0 Å². The van der Waals surface area contributed by atoms with Gasteiger partial charge in [0.05, 0.1) is 13.2 Å². The van der Waals surface area contributed by atoms with Gasteiger partial charge in [0.2, 0.25) is 0 Å². The van der Waals surface area contributed by atoms with Gasteiger partial charge in [0.1, 0.15) is 0 Å². The van der Waals surface area contributed by atoms with Crippen LogP contribution in [0.4, 0.5) is 0 Å². The van der Waals surface area contributed by atoms with Crippen molar-refractivity contribution in [1.82, 2.24) is 10.3 Å². The molecule has 1 N–H and O–H groups in total. The lowest BCUT2D eigenvalue weighted by atomic mass is 9.90. The highest BCUT2D eigenvalue weighted by atomic mass is 16.7. The number of rotatable bonds is 3. The van der Waals surface area contributed by atoms with Crippen LogP contribution in [0.5, 0.6) is 0 Å². The van der Waals surface area contributed by atoms with Gasteiger partial charge in [-0.05, 0) is 31.4 Å². The van der Waals surface area contributed by atoms with E-state index in [1.54, 1.807) is 0 Å². The lowest BCUT2D eigenvalue weighted by Crippen LogP contribution is -2.41. The second-order valence-corrected chi connectivity index (χ2v) is 5.57. The number of pyridine rings is 1. The molecule has 1 saturated heterocycles. The molecule has 0 atom stereocenters. The summed E-state index contributed by atoms with van der Waals surface area (Å²) < 4.78 is 11.5. The summed E-state index contributed by atoms with van der Waals surface area (Å²) in [5, 5.41) is 3.61. The Labute approximate surface area is 114 Å². The molecular weight excluding hydrogens is 240 g/mol. The Morgan fingerprint density at radius 3 is 2.63 bits per heavy atom. The highest BCUT2D eigenvalue weighted by Crippen LogP contribution is 2.35. The zero-order valence-electron chi connectivity index (χ0n) is 11.5. The third kappa shape index (κ3) is 3.14. The van der Waals surface area contributed by atoms with Gasteiger partial charge in [0.15, 0.2) is 5.79 Å². The molecule has 4 nitrogen and oxygen atoms in total. The maximum absolute atomic E-state index is 5.75. The predicted molar refractivity (Wildman–Crippen MR) is 72.7 cm³/mol. The minimum absolute atomic E-state index is 0.246. The van der Waals surface area contributed by atoms with E-state index in [1.165, 1.54) is 5.56 Å². The van der Waals surface area contributed by atoms with Crippen molar-refractivity contribution in [2.75, 3.05) is 13.2 Å². The van der Waals surface area contributed by atoms with Gasteiger partial charge in [-0.25, -0.2) is 0 Å². The Morgan fingerprint density at radius 2 is 2.00 bits per heavy atom. The maximum Gasteiger partial charge on any atom is 0.168 e. The molecule has 1 aromatic heterocycles. The summed E-state index contributed by atoms with van der Waals surface area (Å²) in [5.41, 5.74) is 2.32. The molecule has 2 heterocycles. The van der Waals surface area contributed by atoms with Crippen molar-refractivity contribution in [2.24, 2.45) is 0 Å². The van der Waals surface area contributed by atoms with Crippen molar-refractivity contribution >= 4 is 0 Å². The van der Waals surface area contributed by atoms with Crippen LogP contribution in [0.15, 0.2) is 18.3 Å². The van der Waals surface area contributed by atoms with Crippen LogP contribution in [0.25, 0.3) is 0 Å². The van der Waals surface area contributed by atoms with Crippen LogP contribution >= 0.6 is 0 Å². The van der Waals surface area contributed by atoms with Gasteiger partial charge in [-0.3, -0.25) is 4.98 Å². The van der Waals surface area contributed by atoms with Crippen molar-refractivity contribution in [3.63, 3.8) is 0 Å². The fourth-order valence-corrected chi connectivity index (χ4v) is 2.91. The molecular formula is C15H22N2O2. The Morgan fingerprint density at radius 1 is 1.26 bits per heavy atom. The average molecular weight is 262 g/mol. The van der Waals surface area contributed by atoms with Crippen LogP contribution in [-0.2, 0) is 16.0 Å². The predicted octanol–water partition coefficient (Wildman–Crippen LogP) is 2.17. The number of ether oxygens (including phenoxy) is 2. The molecule has 104 valence electrons. The van der Waals surface area contributed by atoms with Crippen molar-refractivity contribution < 1.29 is 9.47 Å². The molecule has 1 saturated carbocycles. The van der Waals surface area contributed by atoms with Gasteiger partial charge in [-0.15, -0.1) is 0 Å². The molecule has 1 aliphatic carbocycles. The Kier molecular flexibility index (Phi) is 3.82. The van der Waals surface area contributed by atoms with Crippen molar-refractivity contribution in [3.05, 3.63) is 29.6 Å². The quantitative estimate of drug-likeness (QED) is 0.906. The standard InChI is InChI=1S/C15H22N2O2/c1-12-2-3-13(10-16-12)11-17-14-4-6-15(7-5-14)18-8-9-19-15/h2-3,10,14,17H,4-9,11H2,1H3. The van der Waals surface area contributed by atoms with Crippen LogP contribution in [-0.4, -0.2) is 30.0 Å². The van der Waals surface area contributed by atoms with Gasteiger partial charge in [-0.2, -0.15) is 0 Å². The minimum Gasteiger partial charge on any atom is -0.348 e. The Hall–Kier alpha value is -0.970. The molecule has 1 aliphatic heterocycles. The molecule has 2 fully saturated rings. The Balaban J connectivity index is 1.46. The molecule has 0 radical (unpaired) electrons. The number of nitrogens with zero attached hydrogens (tertiary/aromatic N) is 1. The smallest absolute Gasteiger partial charge is 0.168 e. The highest BCUT2D eigenvalue weighted by molar-refractivity contribution is 5.12. The molecule has 0 amide bonds. The lowest BCUT2D eigenvalue weighted by molar-refractivity contribution is -0.179. The van der Waals surface area contributed by atoms with Gasteiger partial charge in [0, 0.05) is 37.3 Å². The van der Waals surface area contributed by atoms with E-state index in [0.717, 1.165) is 51.1 Å². The summed E-state index contributed by atoms with van der Waals surface area (Å²) in [6.45, 7) is 4.42.